The number of nitrogens with zero attached hydrogens (tertiary/aromatic N) is 2. The lowest BCUT2D eigenvalue weighted by molar-refractivity contribution is 0.463. The summed E-state index contributed by atoms with van der Waals surface area (Å²) in [5, 5.41) is 15.5. The number of amidine groups is 1. The van der Waals surface area contributed by atoms with Crippen LogP contribution >= 0.6 is 11.8 Å². The smallest absolute Gasteiger partial charge is 0.183 e. The first kappa shape index (κ1) is 14.7. The number of nitriles is 1. The second kappa shape index (κ2) is 7.81. The minimum Gasteiger partial charge on any atom is -0.381 e. The summed E-state index contributed by atoms with van der Waals surface area (Å²) in [6.07, 6.45) is 10.2. The van der Waals surface area contributed by atoms with Gasteiger partial charge in [-0.15, -0.1) is 0 Å². The van der Waals surface area contributed by atoms with Crippen molar-refractivity contribution in [1.82, 2.24) is 5.32 Å². The number of nitrogens with one attached hydrogen (secondary N) is 2. The molecular formula is C15H20N4S. The Morgan fingerprint density at radius 3 is 2.75 bits per heavy atom. The third-order valence-corrected chi connectivity index (χ3v) is 4.03. The molecular weight excluding hydrogens is 268 g/mol. The summed E-state index contributed by atoms with van der Waals surface area (Å²) < 4.78 is 0. The summed E-state index contributed by atoms with van der Waals surface area (Å²) in [5.74, 6) is 0. The van der Waals surface area contributed by atoms with Gasteiger partial charge in [0.25, 0.3) is 0 Å². The Hall–Kier alpha value is -1.67. The van der Waals surface area contributed by atoms with Crippen LogP contribution in [0.25, 0.3) is 0 Å². The van der Waals surface area contributed by atoms with Crippen molar-refractivity contribution in [2.75, 3.05) is 11.6 Å². The molecule has 1 saturated carbocycles. The summed E-state index contributed by atoms with van der Waals surface area (Å²) in [6.45, 7) is 0. The van der Waals surface area contributed by atoms with Crippen LogP contribution in [0.1, 0.15) is 32.1 Å². The summed E-state index contributed by atoms with van der Waals surface area (Å²) in [6, 6.07) is 8.55. The fourth-order valence-electron chi connectivity index (χ4n) is 2.44. The van der Waals surface area contributed by atoms with Crippen molar-refractivity contribution in [3.63, 3.8) is 0 Å². The molecule has 0 radical (unpaired) electrons. The molecule has 106 valence electrons. The average Bonchev–Trinajstić information content (AvgIpc) is 2.49. The Kier molecular flexibility index (Phi) is 5.75. The highest BCUT2D eigenvalue weighted by molar-refractivity contribution is 8.13. The molecule has 0 unspecified atom stereocenters. The van der Waals surface area contributed by atoms with Gasteiger partial charge >= 0.3 is 0 Å². The highest BCUT2D eigenvalue weighted by atomic mass is 32.2. The molecule has 20 heavy (non-hydrogen) atoms. The van der Waals surface area contributed by atoms with E-state index in [1.807, 2.05) is 30.6 Å². The Labute approximate surface area is 124 Å². The molecule has 2 rings (SSSR count). The number of para-hydroxylation sites is 2. The molecule has 0 amide bonds. The molecule has 1 aliphatic carbocycles. The van der Waals surface area contributed by atoms with Gasteiger partial charge in [-0.1, -0.05) is 43.2 Å². The van der Waals surface area contributed by atoms with Crippen molar-refractivity contribution in [2.24, 2.45) is 4.99 Å². The third-order valence-electron chi connectivity index (χ3n) is 3.45. The first-order valence-electron chi connectivity index (χ1n) is 6.97. The summed E-state index contributed by atoms with van der Waals surface area (Å²) >= 11 is 1.43. The molecule has 1 aliphatic rings. The minimum atomic E-state index is 0.543. The van der Waals surface area contributed by atoms with Crippen molar-refractivity contribution in [1.29, 1.82) is 5.26 Å². The fourth-order valence-corrected chi connectivity index (χ4v) is 2.78. The molecule has 0 aliphatic heterocycles. The summed E-state index contributed by atoms with van der Waals surface area (Å²) in [7, 11) is 0. The lowest BCUT2D eigenvalue weighted by Gasteiger charge is -2.24. The number of anilines is 1. The van der Waals surface area contributed by atoms with Crippen LogP contribution in [0.15, 0.2) is 29.3 Å². The molecule has 0 bridgehead atoms. The van der Waals surface area contributed by atoms with Crippen molar-refractivity contribution in [3.05, 3.63) is 24.3 Å². The van der Waals surface area contributed by atoms with Gasteiger partial charge in [0.2, 0.25) is 0 Å². The maximum atomic E-state index is 8.71. The molecule has 0 spiro atoms. The molecule has 4 nitrogen and oxygen atoms in total. The molecule has 0 heterocycles. The van der Waals surface area contributed by atoms with Crippen LogP contribution in [0.3, 0.4) is 0 Å². The van der Waals surface area contributed by atoms with Crippen LogP contribution in [0, 0.1) is 11.5 Å². The maximum Gasteiger partial charge on any atom is 0.183 e. The number of hydrogen-bond acceptors (Lipinski definition) is 4. The second-order valence-electron chi connectivity index (χ2n) is 4.85. The normalized spacial score (nSPS) is 16.5. The van der Waals surface area contributed by atoms with E-state index in [9.17, 15) is 0 Å². The van der Waals surface area contributed by atoms with Gasteiger partial charge in [-0.25, -0.2) is 4.99 Å². The monoisotopic (exact) mass is 288 g/mol. The first-order valence-corrected chi connectivity index (χ1v) is 8.19. The van der Waals surface area contributed by atoms with E-state index in [-0.39, 0.29) is 0 Å². The molecule has 0 atom stereocenters. The highest BCUT2D eigenvalue weighted by Crippen LogP contribution is 2.29. The van der Waals surface area contributed by atoms with Gasteiger partial charge in [0.05, 0.1) is 11.4 Å². The first-order chi connectivity index (χ1) is 9.83. The van der Waals surface area contributed by atoms with Crippen molar-refractivity contribution in [2.45, 2.75) is 38.1 Å². The highest BCUT2D eigenvalue weighted by Gasteiger charge is 2.14. The van der Waals surface area contributed by atoms with E-state index in [2.05, 4.69) is 21.7 Å². The van der Waals surface area contributed by atoms with Crippen molar-refractivity contribution >= 4 is 28.3 Å². The van der Waals surface area contributed by atoms with Crippen LogP contribution in [-0.2, 0) is 0 Å². The molecule has 0 aromatic heterocycles. The van der Waals surface area contributed by atoms with Gasteiger partial charge in [0.15, 0.2) is 11.4 Å². The maximum absolute atomic E-state index is 8.71. The number of thioether (sulfide) groups is 1. The minimum absolute atomic E-state index is 0.543. The number of rotatable bonds is 3. The topological polar surface area (TPSA) is 60.2 Å². The van der Waals surface area contributed by atoms with E-state index in [0.29, 0.717) is 11.2 Å². The van der Waals surface area contributed by atoms with E-state index in [0.717, 1.165) is 11.4 Å². The van der Waals surface area contributed by atoms with Gasteiger partial charge in [-0.2, -0.15) is 5.26 Å². The van der Waals surface area contributed by atoms with Gasteiger partial charge in [-0.05, 0) is 31.2 Å². The second-order valence-corrected chi connectivity index (χ2v) is 5.65. The molecule has 1 fully saturated rings. The third kappa shape index (κ3) is 4.17. The Morgan fingerprint density at radius 1 is 1.30 bits per heavy atom. The number of hydrogen-bond donors (Lipinski definition) is 2. The lowest BCUT2D eigenvalue weighted by Crippen LogP contribution is -2.22. The van der Waals surface area contributed by atoms with Gasteiger partial charge in [-0.3, -0.25) is 5.32 Å². The predicted molar refractivity (Wildman–Crippen MR) is 86.3 cm³/mol. The zero-order valence-electron chi connectivity index (χ0n) is 11.7. The van der Waals surface area contributed by atoms with E-state index >= 15 is 0 Å². The van der Waals surface area contributed by atoms with Crippen molar-refractivity contribution < 1.29 is 0 Å². The Bertz CT molecular complexity index is 501. The SMILES string of the molecule is CSC(=Nc1ccccc1NC1CCCCC1)NC#N. The van der Waals surface area contributed by atoms with E-state index in [1.165, 1.54) is 43.9 Å². The van der Waals surface area contributed by atoms with E-state index in [1.54, 1.807) is 0 Å². The molecule has 5 heteroatoms. The Balaban J connectivity index is 2.15. The Morgan fingerprint density at radius 2 is 2.05 bits per heavy atom. The van der Waals surface area contributed by atoms with Gasteiger partial charge < -0.3 is 5.32 Å². The fraction of sp³-hybridized carbons (Fsp3) is 0.467. The quantitative estimate of drug-likeness (QED) is 0.384. The zero-order valence-corrected chi connectivity index (χ0v) is 12.5. The van der Waals surface area contributed by atoms with Crippen LogP contribution in [-0.4, -0.2) is 17.5 Å². The molecule has 0 saturated heterocycles. The summed E-state index contributed by atoms with van der Waals surface area (Å²) in [4.78, 5) is 4.52. The van der Waals surface area contributed by atoms with Crippen LogP contribution in [0.5, 0.6) is 0 Å². The largest absolute Gasteiger partial charge is 0.381 e. The molecule has 2 N–H and O–H groups in total. The van der Waals surface area contributed by atoms with Crippen molar-refractivity contribution in [3.8, 4) is 6.19 Å². The molecule has 1 aromatic carbocycles. The van der Waals surface area contributed by atoms with Gasteiger partial charge in [0.1, 0.15) is 0 Å². The summed E-state index contributed by atoms with van der Waals surface area (Å²) in [5.41, 5.74) is 1.93. The van der Waals surface area contributed by atoms with Crippen LogP contribution < -0.4 is 10.6 Å². The average molecular weight is 288 g/mol. The van der Waals surface area contributed by atoms with E-state index < -0.39 is 0 Å². The zero-order chi connectivity index (χ0) is 14.2. The standard InChI is InChI=1S/C15H20N4S/c1-20-15(17-11-16)19-14-10-6-5-9-13(14)18-12-7-3-2-4-8-12/h5-6,9-10,12,18H,2-4,7-8H2,1H3,(H,17,19). The predicted octanol–water partition coefficient (Wildman–Crippen LogP) is 3.85. The number of aliphatic imine (C=N–C) groups is 1. The van der Waals surface area contributed by atoms with Crippen LogP contribution in [0.2, 0.25) is 0 Å². The van der Waals surface area contributed by atoms with E-state index in [4.69, 9.17) is 5.26 Å². The van der Waals surface area contributed by atoms with Crippen LogP contribution in [0.4, 0.5) is 11.4 Å². The lowest BCUT2D eigenvalue weighted by atomic mass is 9.95. The number of benzene rings is 1. The molecule has 1 aromatic rings. The van der Waals surface area contributed by atoms with Gasteiger partial charge in [0, 0.05) is 6.04 Å².